The molecule has 0 saturated carbocycles. The van der Waals surface area contributed by atoms with Crippen molar-refractivity contribution in [2.45, 2.75) is 17.0 Å². The molecular formula is C13H12N2O2S2. The van der Waals surface area contributed by atoms with E-state index in [0.29, 0.717) is 0 Å². The summed E-state index contributed by atoms with van der Waals surface area (Å²) >= 11 is 3.24. The molecule has 4 nitrogen and oxygen atoms in total. The Balaban J connectivity index is 1.93. The number of aromatic nitrogens is 2. The third kappa shape index (κ3) is 4.50. The van der Waals surface area contributed by atoms with Crippen LogP contribution >= 0.6 is 23.1 Å². The van der Waals surface area contributed by atoms with E-state index in [1.807, 2.05) is 31.2 Å². The largest absolute Gasteiger partial charge is 0.478 e. The molecule has 98 valence electrons. The Labute approximate surface area is 119 Å². The van der Waals surface area contributed by atoms with Crippen LogP contribution in [0.4, 0.5) is 0 Å². The van der Waals surface area contributed by atoms with Crippen molar-refractivity contribution in [2.24, 2.45) is 0 Å². The van der Waals surface area contributed by atoms with Crippen LogP contribution < -0.4 is 0 Å². The van der Waals surface area contributed by atoms with Crippen molar-refractivity contribution < 1.29 is 9.90 Å². The van der Waals surface area contributed by atoms with Crippen molar-refractivity contribution in [1.29, 1.82) is 0 Å². The van der Waals surface area contributed by atoms with Crippen LogP contribution in [0, 0.1) is 6.92 Å². The predicted molar refractivity (Wildman–Crippen MR) is 77.3 cm³/mol. The van der Waals surface area contributed by atoms with Gasteiger partial charge >= 0.3 is 5.97 Å². The average Bonchev–Trinajstić information content (AvgIpc) is 2.81. The Bertz CT molecular complexity index is 591. The summed E-state index contributed by atoms with van der Waals surface area (Å²) in [6.45, 7) is 1.94. The fraction of sp³-hybridized carbons (Fsp3) is 0.154. The van der Waals surface area contributed by atoms with Gasteiger partial charge < -0.3 is 5.11 Å². The zero-order chi connectivity index (χ0) is 13.7. The van der Waals surface area contributed by atoms with Crippen molar-refractivity contribution in [3.63, 3.8) is 0 Å². The molecule has 2 aromatic rings. The van der Waals surface area contributed by atoms with Crippen molar-refractivity contribution in [3.05, 3.63) is 46.5 Å². The van der Waals surface area contributed by atoms with Gasteiger partial charge in [-0.25, -0.2) is 4.79 Å². The highest BCUT2D eigenvalue weighted by Gasteiger charge is 2.01. The summed E-state index contributed by atoms with van der Waals surface area (Å²) in [6.07, 6.45) is 2.71. The normalized spacial score (nSPS) is 11.0. The summed E-state index contributed by atoms with van der Waals surface area (Å²) in [5, 5.41) is 17.5. The smallest absolute Gasteiger partial charge is 0.328 e. The number of carbonyl (C=O) groups is 1. The number of carboxylic acids is 1. The van der Waals surface area contributed by atoms with Crippen LogP contribution in [0.2, 0.25) is 0 Å². The predicted octanol–water partition coefficient (Wildman–Crippen LogP) is 3.24. The van der Waals surface area contributed by atoms with Gasteiger partial charge in [-0.15, -0.1) is 10.2 Å². The molecule has 19 heavy (non-hydrogen) atoms. The highest BCUT2D eigenvalue weighted by Crippen LogP contribution is 2.25. The highest BCUT2D eigenvalue weighted by molar-refractivity contribution is 8.00. The lowest BCUT2D eigenvalue weighted by Crippen LogP contribution is -1.86. The molecule has 0 atom stereocenters. The Morgan fingerprint density at radius 2 is 2.11 bits per heavy atom. The van der Waals surface area contributed by atoms with Crippen LogP contribution in [0.1, 0.15) is 16.1 Å². The van der Waals surface area contributed by atoms with Crippen molar-refractivity contribution in [3.8, 4) is 0 Å². The molecule has 1 heterocycles. The number of carboxylic acid groups (broad SMARTS) is 1. The molecule has 0 bridgehead atoms. The van der Waals surface area contributed by atoms with Gasteiger partial charge in [0.2, 0.25) is 0 Å². The van der Waals surface area contributed by atoms with E-state index >= 15 is 0 Å². The van der Waals surface area contributed by atoms with E-state index in [1.165, 1.54) is 5.56 Å². The number of thioether (sulfide) groups is 1. The maximum Gasteiger partial charge on any atom is 0.328 e. The van der Waals surface area contributed by atoms with Crippen LogP contribution in [0.3, 0.4) is 0 Å². The lowest BCUT2D eigenvalue weighted by molar-refractivity contribution is -0.131. The third-order valence-corrected chi connectivity index (χ3v) is 4.31. The minimum atomic E-state index is -0.939. The monoisotopic (exact) mass is 292 g/mol. The van der Waals surface area contributed by atoms with Gasteiger partial charge in [0.15, 0.2) is 4.34 Å². The summed E-state index contributed by atoms with van der Waals surface area (Å²) in [4.78, 5) is 10.4. The standard InChI is InChI=1S/C13H12N2O2S2/c1-9-14-15-13(19-9)18-8-11-4-2-10(3-5-11)6-7-12(16)17/h2-7H,8H2,1H3,(H,16,17). The average molecular weight is 292 g/mol. The highest BCUT2D eigenvalue weighted by atomic mass is 32.2. The Hall–Kier alpha value is -1.66. The first kappa shape index (κ1) is 13.8. The van der Waals surface area contributed by atoms with Gasteiger partial charge in [-0.05, 0) is 24.1 Å². The second-order valence-corrected chi connectivity index (χ2v) is 6.19. The van der Waals surface area contributed by atoms with Crippen LogP contribution in [0.15, 0.2) is 34.7 Å². The lowest BCUT2D eigenvalue weighted by Gasteiger charge is -1.99. The molecule has 0 spiro atoms. The van der Waals surface area contributed by atoms with Gasteiger partial charge in [0.1, 0.15) is 5.01 Å². The van der Waals surface area contributed by atoms with Gasteiger partial charge in [0, 0.05) is 11.8 Å². The van der Waals surface area contributed by atoms with Crippen LogP contribution in [-0.2, 0) is 10.5 Å². The summed E-state index contributed by atoms with van der Waals surface area (Å²) < 4.78 is 0.965. The number of aryl methyl sites for hydroxylation is 1. The van der Waals surface area contributed by atoms with E-state index < -0.39 is 5.97 Å². The molecule has 0 amide bonds. The molecule has 0 radical (unpaired) electrons. The second kappa shape index (κ2) is 6.49. The molecule has 0 fully saturated rings. The SMILES string of the molecule is Cc1nnc(SCc2ccc(C=CC(=O)O)cc2)s1. The number of rotatable bonds is 5. The van der Waals surface area contributed by atoms with Gasteiger partial charge in [0.05, 0.1) is 0 Å². The minimum absolute atomic E-state index is 0.831. The fourth-order valence-corrected chi connectivity index (χ4v) is 3.15. The van der Waals surface area contributed by atoms with Gasteiger partial charge in [-0.2, -0.15) is 0 Å². The molecular weight excluding hydrogens is 280 g/mol. The quantitative estimate of drug-likeness (QED) is 0.677. The summed E-state index contributed by atoms with van der Waals surface area (Å²) in [6, 6.07) is 7.78. The molecule has 1 aromatic carbocycles. The van der Waals surface area contributed by atoms with Crippen molar-refractivity contribution in [1.82, 2.24) is 10.2 Å². The van der Waals surface area contributed by atoms with Crippen molar-refractivity contribution in [2.75, 3.05) is 0 Å². The maximum absolute atomic E-state index is 10.4. The second-order valence-electron chi connectivity index (χ2n) is 3.79. The van der Waals surface area contributed by atoms with Gasteiger partial charge in [-0.3, -0.25) is 0 Å². The summed E-state index contributed by atoms with van der Waals surface area (Å²) in [5.74, 6) is -0.108. The Morgan fingerprint density at radius 3 is 2.68 bits per heavy atom. The van der Waals surface area contributed by atoms with E-state index in [9.17, 15) is 4.79 Å². The molecule has 1 aromatic heterocycles. The molecule has 0 aliphatic rings. The fourth-order valence-electron chi connectivity index (χ4n) is 1.37. The van der Waals surface area contributed by atoms with Gasteiger partial charge in [0.25, 0.3) is 0 Å². The Morgan fingerprint density at radius 1 is 1.37 bits per heavy atom. The topological polar surface area (TPSA) is 63.1 Å². The zero-order valence-electron chi connectivity index (χ0n) is 10.2. The first-order valence-corrected chi connectivity index (χ1v) is 7.36. The maximum atomic E-state index is 10.4. The molecule has 0 unspecified atom stereocenters. The molecule has 2 rings (SSSR count). The third-order valence-electron chi connectivity index (χ3n) is 2.27. The molecule has 6 heteroatoms. The van der Waals surface area contributed by atoms with Crippen LogP contribution in [0.5, 0.6) is 0 Å². The van der Waals surface area contributed by atoms with E-state index in [4.69, 9.17) is 5.11 Å². The van der Waals surface area contributed by atoms with Crippen LogP contribution in [-0.4, -0.2) is 21.3 Å². The molecule has 0 saturated heterocycles. The zero-order valence-corrected chi connectivity index (χ0v) is 11.9. The number of benzene rings is 1. The Kier molecular flexibility index (Phi) is 4.70. The molecule has 0 aliphatic carbocycles. The first-order chi connectivity index (χ1) is 9.13. The van der Waals surface area contributed by atoms with E-state index in [-0.39, 0.29) is 0 Å². The molecule has 0 aliphatic heterocycles. The van der Waals surface area contributed by atoms with Gasteiger partial charge in [-0.1, -0.05) is 47.4 Å². The molecule has 1 N–H and O–H groups in total. The van der Waals surface area contributed by atoms with E-state index in [1.54, 1.807) is 29.2 Å². The minimum Gasteiger partial charge on any atom is -0.478 e. The first-order valence-electron chi connectivity index (χ1n) is 5.56. The number of aliphatic carboxylic acids is 1. The van der Waals surface area contributed by atoms with E-state index in [2.05, 4.69) is 10.2 Å². The summed E-state index contributed by atoms with van der Waals surface area (Å²) in [5.41, 5.74) is 2.05. The number of hydrogen-bond acceptors (Lipinski definition) is 5. The number of hydrogen-bond donors (Lipinski definition) is 1. The lowest BCUT2D eigenvalue weighted by atomic mass is 10.1. The van der Waals surface area contributed by atoms with E-state index in [0.717, 1.165) is 26.7 Å². The summed E-state index contributed by atoms with van der Waals surface area (Å²) in [7, 11) is 0. The van der Waals surface area contributed by atoms with Crippen LogP contribution in [0.25, 0.3) is 6.08 Å². The van der Waals surface area contributed by atoms with Crippen molar-refractivity contribution >= 4 is 35.1 Å². The number of nitrogens with zero attached hydrogens (tertiary/aromatic N) is 2.